The second kappa shape index (κ2) is 52.1. The number of aliphatic hydroxyl groups is 11. The number of amides is 1. The van der Waals surface area contributed by atoms with Crippen molar-refractivity contribution < 1.29 is 89.4 Å². The van der Waals surface area contributed by atoms with Gasteiger partial charge in [0.1, 0.15) is 73.2 Å². The molecule has 0 aromatic heterocycles. The molecule has 19 nitrogen and oxygen atoms in total. The molecule has 17 atom stereocenters. The maximum Gasteiger partial charge on any atom is 0.220 e. The maximum absolute atomic E-state index is 13.4. The lowest BCUT2D eigenvalue weighted by molar-refractivity contribution is -0.379. The van der Waals surface area contributed by atoms with Crippen LogP contribution >= 0.6 is 0 Å². The second-order valence-corrected chi connectivity index (χ2v) is 25.3. The molecule has 0 spiro atoms. The van der Waals surface area contributed by atoms with E-state index >= 15 is 0 Å². The van der Waals surface area contributed by atoms with E-state index in [0.717, 1.165) is 70.6 Å². The molecule has 0 aromatic rings. The first-order chi connectivity index (χ1) is 43.3. The Morgan fingerprint density at radius 1 is 0.416 bits per heavy atom. The first kappa shape index (κ1) is 81.0. The highest BCUT2D eigenvalue weighted by molar-refractivity contribution is 5.76. The predicted octanol–water partition coefficient (Wildman–Crippen LogP) is 9.39. The highest BCUT2D eigenvalue weighted by Gasteiger charge is 2.53. The molecule has 0 saturated carbocycles. The Balaban J connectivity index is 1.38. The number of rotatable bonds is 54. The molecule has 0 aromatic carbocycles. The molecule has 0 aliphatic carbocycles. The molecular weight excluding hydrogens is 1140 g/mol. The summed E-state index contributed by atoms with van der Waals surface area (Å²) < 4.78 is 34.4. The van der Waals surface area contributed by atoms with E-state index in [4.69, 9.17) is 28.4 Å². The number of hydrogen-bond donors (Lipinski definition) is 12. The molecule has 1 amide bonds. The van der Waals surface area contributed by atoms with Gasteiger partial charge in [-0.15, -0.1) is 0 Å². The first-order valence-electron chi connectivity index (χ1n) is 35.4. The van der Waals surface area contributed by atoms with Crippen LogP contribution in [-0.2, 0) is 33.2 Å². The van der Waals surface area contributed by atoms with Crippen LogP contribution in [0.3, 0.4) is 0 Å². The van der Waals surface area contributed by atoms with Crippen molar-refractivity contribution in [1.82, 2.24) is 5.32 Å². The molecule has 3 saturated heterocycles. The van der Waals surface area contributed by atoms with Crippen LogP contribution in [0.5, 0.6) is 0 Å². The van der Waals surface area contributed by atoms with E-state index < -0.39 is 124 Å². The molecule has 0 bridgehead atoms. The zero-order valence-electron chi connectivity index (χ0n) is 54.9. The fraction of sp³-hybridized carbons (Fsp3) is 0.871. The zero-order valence-corrected chi connectivity index (χ0v) is 54.9. The zero-order chi connectivity index (χ0) is 64.7. The Kier molecular flexibility index (Phi) is 47.4. The SMILES string of the molecule is CC/C=C\C/C=C\C/C=C\C/C=C\CCCCCCCCCCCCCCCCCCC(=O)NC(COC1OC(CO)C(OC2OC(CO)C(OC3OC(CO)C(O)C(O)C3O)C(O)C2O)C(O)C1O)C(O)CCCCCCCCCCCCCCCCC. The van der Waals surface area contributed by atoms with Crippen molar-refractivity contribution in [2.45, 2.75) is 362 Å². The van der Waals surface area contributed by atoms with E-state index in [1.54, 1.807) is 0 Å². The van der Waals surface area contributed by atoms with Crippen molar-refractivity contribution in [3.8, 4) is 0 Å². The van der Waals surface area contributed by atoms with Crippen molar-refractivity contribution in [2.24, 2.45) is 0 Å². The van der Waals surface area contributed by atoms with E-state index in [0.29, 0.717) is 12.8 Å². The van der Waals surface area contributed by atoms with Crippen molar-refractivity contribution in [1.29, 1.82) is 0 Å². The minimum Gasteiger partial charge on any atom is -0.394 e. The normalized spacial score (nSPS) is 28.5. The lowest BCUT2D eigenvalue weighted by atomic mass is 9.96. The fourth-order valence-corrected chi connectivity index (χ4v) is 12.0. The fourth-order valence-electron chi connectivity index (χ4n) is 12.0. The van der Waals surface area contributed by atoms with Gasteiger partial charge in [-0.2, -0.15) is 0 Å². The van der Waals surface area contributed by atoms with Crippen LogP contribution < -0.4 is 5.32 Å². The molecular formula is C70H127NO18. The van der Waals surface area contributed by atoms with Gasteiger partial charge in [0.2, 0.25) is 5.91 Å². The van der Waals surface area contributed by atoms with E-state index in [9.17, 15) is 61.0 Å². The monoisotopic (exact) mass is 1270 g/mol. The lowest BCUT2D eigenvalue weighted by Crippen LogP contribution is -2.66. The predicted molar refractivity (Wildman–Crippen MR) is 346 cm³/mol. The van der Waals surface area contributed by atoms with Gasteiger partial charge in [-0.25, -0.2) is 0 Å². The maximum atomic E-state index is 13.4. The smallest absolute Gasteiger partial charge is 0.220 e. The highest BCUT2D eigenvalue weighted by Crippen LogP contribution is 2.33. The largest absolute Gasteiger partial charge is 0.394 e. The van der Waals surface area contributed by atoms with Gasteiger partial charge in [-0.3, -0.25) is 4.79 Å². The van der Waals surface area contributed by atoms with Gasteiger partial charge < -0.3 is 89.9 Å². The van der Waals surface area contributed by atoms with E-state index in [1.165, 1.54) is 154 Å². The Labute approximate surface area is 535 Å². The highest BCUT2D eigenvalue weighted by atomic mass is 16.8. The van der Waals surface area contributed by atoms with Crippen molar-refractivity contribution >= 4 is 5.91 Å². The number of hydrogen-bond acceptors (Lipinski definition) is 18. The Hall–Kier alpha value is -2.25. The van der Waals surface area contributed by atoms with Gasteiger partial charge in [-0.05, 0) is 51.4 Å². The van der Waals surface area contributed by atoms with Crippen LogP contribution in [0.15, 0.2) is 48.6 Å². The number of aliphatic hydroxyl groups excluding tert-OH is 11. The molecule has 3 heterocycles. The molecule has 19 heteroatoms. The molecule has 17 unspecified atom stereocenters. The van der Waals surface area contributed by atoms with Crippen LogP contribution in [0.25, 0.3) is 0 Å². The van der Waals surface area contributed by atoms with Crippen LogP contribution in [0.1, 0.15) is 258 Å². The molecule has 89 heavy (non-hydrogen) atoms. The van der Waals surface area contributed by atoms with Crippen molar-refractivity contribution in [3.05, 3.63) is 48.6 Å². The standard InChI is InChI=1S/C70H127NO18/c1-3-5-7-9-11-13-15-17-19-20-21-22-23-24-25-26-27-28-29-30-31-32-34-36-38-40-42-44-46-48-58(76)71-53(54(75)47-45-43-41-39-37-35-33-18-16-14-12-10-8-6-4-2)52-84-68-64(82)61(79)66(56(50-73)86-68)89-70-65(83)62(80)67(57(51-74)87-70)88-69-63(81)60(78)59(77)55(49-72)85-69/h5,7,11,13,17,19,21-22,53-57,59-70,72-75,77-83H,3-4,6,8-10,12,14-16,18,20,23-52H2,1-2H3,(H,71,76)/b7-5-,13-11-,19-17-,22-21-. The summed E-state index contributed by atoms with van der Waals surface area (Å²) in [5.41, 5.74) is 0. The average molecular weight is 1270 g/mol. The second-order valence-electron chi connectivity index (χ2n) is 25.3. The Morgan fingerprint density at radius 2 is 0.775 bits per heavy atom. The van der Waals surface area contributed by atoms with E-state index in [-0.39, 0.29) is 18.9 Å². The van der Waals surface area contributed by atoms with Crippen LogP contribution in [-0.4, -0.2) is 193 Å². The molecule has 3 fully saturated rings. The third-order valence-corrected chi connectivity index (χ3v) is 17.7. The van der Waals surface area contributed by atoms with E-state index in [2.05, 4.69) is 67.8 Å². The third-order valence-electron chi connectivity index (χ3n) is 17.7. The number of ether oxygens (including phenoxy) is 6. The van der Waals surface area contributed by atoms with Gasteiger partial charge in [0, 0.05) is 6.42 Å². The van der Waals surface area contributed by atoms with E-state index in [1.807, 2.05) is 0 Å². The summed E-state index contributed by atoms with van der Waals surface area (Å²) in [6.07, 6.45) is 34.8. The summed E-state index contributed by atoms with van der Waals surface area (Å²) in [5, 5.41) is 121. The van der Waals surface area contributed by atoms with Gasteiger partial charge in [0.05, 0.1) is 38.6 Å². The number of carbonyl (C=O) groups excluding carboxylic acids is 1. The van der Waals surface area contributed by atoms with Crippen molar-refractivity contribution in [3.63, 3.8) is 0 Å². The number of nitrogens with one attached hydrogen (secondary N) is 1. The average Bonchev–Trinajstić information content (AvgIpc) is 2.42. The van der Waals surface area contributed by atoms with Gasteiger partial charge in [-0.1, -0.05) is 249 Å². The molecule has 3 rings (SSSR count). The molecule has 520 valence electrons. The first-order valence-corrected chi connectivity index (χ1v) is 35.4. The quantitative estimate of drug-likeness (QED) is 0.0199. The van der Waals surface area contributed by atoms with Crippen LogP contribution in [0, 0.1) is 0 Å². The summed E-state index contributed by atoms with van der Waals surface area (Å²) in [6, 6.07) is -0.887. The van der Waals surface area contributed by atoms with Crippen LogP contribution in [0.2, 0.25) is 0 Å². The summed E-state index contributed by atoms with van der Waals surface area (Å²) in [7, 11) is 0. The molecule has 3 aliphatic rings. The summed E-state index contributed by atoms with van der Waals surface area (Å²) in [4.78, 5) is 13.4. The molecule has 3 aliphatic heterocycles. The minimum atomic E-state index is -1.97. The van der Waals surface area contributed by atoms with Crippen LogP contribution in [0.4, 0.5) is 0 Å². The van der Waals surface area contributed by atoms with Gasteiger partial charge in [0.25, 0.3) is 0 Å². The third kappa shape index (κ3) is 34.1. The van der Waals surface area contributed by atoms with Crippen molar-refractivity contribution in [2.75, 3.05) is 26.4 Å². The molecule has 0 radical (unpaired) electrons. The molecule has 12 N–H and O–H groups in total. The number of allylic oxidation sites excluding steroid dienone is 8. The Morgan fingerprint density at radius 3 is 1.21 bits per heavy atom. The van der Waals surface area contributed by atoms with Gasteiger partial charge >= 0.3 is 0 Å². The number of unbranched alkanes of at least 4 members (excludes halogenated alkanes) is 30. The summed E-state index contributed by atoms with van der Waals surface area (Å²) in [6.45, 7) is 1.70. The number of carbonyl (C=O) groups is 1. The topological polar surface area (TPSA) is 307 Å². The summed E-state index contributed by atoms with van der Waals surface area (Å²) in [5.74, 6) is -0.242. The Bertz CT molecular complexity index is 1800. The lowest BCUT2D eigenvalue weighted by Gasteiger charge is -2.48. The van der Waals surface area contributed by atoms with Gasteiger partial charge in [0.15, 0.2) is 18.9 Å². The minimum absolute atomic E-state index is 0.242. The summed E-state index contributed by atoms with van der Waals surface area (Å²) >= 11 is 0.